The van der Waals surface area contributed by atoms with E-state index in [4.69, 9.17) is 0 Å². The van der Waals surface area contributed by atoms with Crippen molar-refractivity contribution in [1.29, 1.82) is 0 Å². The molecule has 3 nitrogen and oxygen atoms in total. The van der Waals surface area contributed by atoms with Crippen molar-refractivity contribution in [3.63, 3.8) is 0 Å². The summed E-state index contributed by atoms with van der Waals surface area (Å²) in [5, 5.41) is 0. The van der Waals surface area contributed by atoms with E-state index in [1.54, 1.807) is 0 Å². The van der Waals surface area contributed by atoms with Gasteiger partial charge in [-0.15, -0.1) is 0 Å². The Morgan fingerprint density at radius 2 is 1.96 bits per heavy atom. The third-order valence-electron chi connectivity index (χ3n) is 4.99. The van der Waals surface area contributed by atoms with Crippen molar-refractivity contribution in [2.45, 2.75) is 66.0 Å². The average Bonchev–Trinajstić information content (AvgIpc) is 2.83. The Kier molecular flexibility index (Phi) is 4.65. The molecule has 0 amide bonds. The number of pyridine rings is 1. The molecule has 2 heterocycles. The van der Waals surface area contributed by atoms with Gasteiger partial charge in [-0.3, -0.25) is 4.79 Å². The molecule has 2 aromatic heterocycles. The van der Waals surface area contributed by atoms with Gasteiger partial charge in [0.25, 0.3) is 0 Å². The molecule has 0 saturated heterocycles. The SMILES string of the molecule is CCCn1c(C)cc(C(=O)C[n+]2ccc3c(c2)CCCC3)c1C. The van der Waals surface area contributed by atoms with Gasteiger partial charge in [0.1, 0.15) is 0 Å². The molecule has 0 N–H and O–H groups in total. The maximum Gasteiger partial charge on any atom is 0.229 e. The lowest BCUT2D eigenvalue weighted by atomic mass is 9.93. The van der Waals surface area contributed by atoms with E-state index in [1.165, 1.54) is 36.1 Å². The number of fused-ring (bicyclic) bond motifs is 1. The number of carbonyl (C=O) groups is 1. The third-order valence-corrected chi connectivity index (χ3v) is 4.99. The summed E-state index contributed by atoms with van der Waals surface area (Å²) in [6.45, 7) is 7.74. The molecule has 0 bridgehead atoms. The zero-order valence-electron chi connectivity index (χ0n) is 14.6. The maximum absolute atomic E-state index is 12.7. The minimum atomic E-state index is 0.209. The lowest BCUT2D eigenvalue weighted by Crippen LogP contribution is -2.38. The van der Waals surface area contributed by atoms with Crippen LogP contribution in [0, 0.1) is 13.8 Å². The molecule has 0 spiro atoms. The van der Waals surface area contributed by atoms with Crippen LogP contribution in [0.1, 0.15) is 59.1 Å². The number of Topliss-reactive ketones (excluding diaryl/α,β-unsaturated/α-hetero) is 1. The Bertz CT molecular complexity index is 727. The van der Waals surface area contributed by atoms with Gasteiger partial charge in [-0.2, -0.15) is 4.57 Å². The standard InChI is InChI=1S/C20H27N2O/c1-4-10-22-15(2)12-19(16(22)3)20(23)14-21-11-9-17-7-5-6-8-18(17)13-21/h9,11-13H,4-8,10,14H2,1-3H3/q+1. The third kappa shape index (κ3) is 3.24. The van der Waals surface area contributed by atoms with Gasteiger partial charge < -0.3 is 4.57 Å². The van der Waals surface area contributed by atoms with Crippen LogP contribution in [-0.4, -0.2) is 10.4 Å². The number of aromatic nitrogens is 2. The van der Waals surface area contributed by atoms with E-state index in [9.17, 15) is 4.79 Å². The fraction of sp³-hybridized carbons (Fsp3) is 0.500. The molecule has 3 rings (SSSR count). The second-order valence-electron chi connectivity index (χ2n) is 6.73. The number of ketones is 1. The van der Waals surface area contributed by atoms with Crippen LogP contribution in [0.15, 0.2) is 24.5 Å². The summed E-state index contributed by atoms with van der Waals surface area (Å²) in [6.07, 6.45) is 10.2. The average molecular weight is 311 g/mol. The first kappa shape index (κ1) is 16.0. The van der Waals surface area contributed by atoms with Gasteiger partial charge in [0.05, 0.1) is 0 Å². The first-order chi connectivity index (χ1) is 11.1. The minimum Gasteiger partial charge on any atom is -0.348 e. The Morgan fingerprint density at radius 3 is 2.70 bits per heavy atom. The van der Waals surface area contributed by atoms with Gasteiger partial charge in [0.2, 0.25) is 12.3 Å². The first-order valence-corrected chi connectivity index (χ1v) is 8.81. The van der Waals surface area contributed by atoms with Crippen molar-refractivity contribution in [2.75, 3.05) is 0 Å². The number of hydrogen-bond donors (Lipinski definition) is 0. The molecule has 2 aromatic rings. The molecule has 23 heavy (non-hydrogen) atoms. The molecule has 122 valence electrons. The molecule has 0 saturated carbocycles. The molecule has 0 aliphatic heterocycles. The molecule has 0 unspecified atom stereocenters. The largest absolute Gasteiger partial charge is 0.348 e. The van der Waals surface area contributed by atoms with Gasteiger partial charge in [-0.1, -0.05) is 6.92 Å². The first-order valence-electron chi connectivity index (χ1n) is 8.81. The predicted molar refractivity (Wildman–Crippen MR) is 91.8 cm³/mol. The summed E-state index contributed by atoms with van der Waals surface area (Å²) in [5.41, 5.74) is 6.04. The monoisotopic (exact) mass is 311 g/mol. The zero-order valence-corrected chi connectivity index (χ0v) is 14.6. The highest BCUT2D eigenvalue weighted by molar-refractivity contribution is 5.96. The molecule has 0 fully saturated rings. The van der Waals surface area contributed by atoms with E-state index < -0.39 is 0 Å². The summed E-state index contributed by atoms with van der Waals surface area (Å²) >= 11 is 0. The van der Waals surface area contributed by atoms with Crippen molar-refractivity contribution in [1.82, 2.24) is 4.57 Å². The molecular weight excluding hydrogens is 284 g/mol. The van der Waals surface area contributed by atoms with Crippen molar-refractivity contribution >= 4 is 5.78 Å². The van der Waals surface area contributed by atoms with E-state index in [0.29, 0.717) is 6.54 Å². The lowest BCUT2D eigenvalue weighted by molar-refractivity contribution is -0.683. The normalized spacial score (nSPS) is 13.9. The summed E-state index contributed by atoms with van der Waals surface area (Å²) < 4.78 is 4.31. The number of hydrogen-bond acceptors (Lipinski definition) is 1. The van der Waals surface area contributed by atoms with Crippen molar-refractivity contribution in [3.05, 3.63) is 52.6 Å². The van der Waals surface area contributed by atoms with Crippen LogP contribution < -0.4 is 4.57 Å². The van der Waals surface area contributed by atoms with Gasteiger partial charge >= 0.3 is 0 Å². The fourth-order valence-corrected chi connectivity index (χ4v) is 3.72. The number of rotatable bonds is 5. The van der Waals surface area contributed by atoms with Crippen LogP contribution in [0.25, 0.3) is 0 Å². The maximum atomic E-state index is 12.7. The van der Waals surface area contributed by atoms with E-state index in [-0.39, 0.29) is 5.78 Å². The van der Waals surface area contributed by atoms with Gasteiger partial charge in [-0.05, 0) is 57.6 Å². The predicted octanol–water partition coefficient (Wildman–Crippen LogP) is 3.56. The molecule has 1 aliphatic carbocycles. The van der Waals surface area contributed by atoms with E-state index in [2.05, 4.69) is 48.4 Å². The Balaban J connectivity index is 1.81. The Labute approximate surface area is 139 Å². The number of carbonyl (C=O) groups excluding carboxylic acids is 1. The molecule has 0 radical (unpaired) electrons. The molecule has 3 heteroatoms. The fourth-order valence-electron chi connectivity index (χ4n) is 3.72. The summed E-state index contributed by atoms with van der Waals surface area (Å²) in [5.74, 6) is 0.209. The smallest absolute Gasteiger partial charge is 0.229 e. The quantitative estimate of drug-likeness (QED) is 0.612. The van der Waals surface area contributed by atoms with Crippen LogP contribution >= 0.6 is 0 Å². The summed E-state index contributed by atoms with van der Waals surface area (Å²) in [6, 6.07) is 4.24. The Morgan fingerprint density at radius 1 is 1.22 bits per heavy atom. The van der Waals surface area contributed by atoms with Crippen molar-refractivity contribution in [3.8, 4) is 0 Å². The second-order valence-corrected chi connectivity index (χ2v) is 6.73. The van der Waals surface area contributed by atoms with Crippen LogP contribution in [-0.2, 0) is 25.9 Å². The lowest BCUT2D eigenvalue weighted by Gasteiger charge is -2.13. The molecule has 0 aromatic carbocycles. The summed E-state index contributed by atoms with van der Waals surface area (Å²) in [7, 11) is 0. The summed E-state index contributed by atoms with van der Waals surface area (Å²) in [4.78, 5) is 12.7. The highest BCUT2D eigenvalue weighted by Crippen LogP contribution is 2.19. The van der Waals surface area contributed by atoms with Crippen LogP contribution in [0.2, 0.25) is 0 Å². The van der Waals surface area contributed by atoms with Gasteiger partial charge in [-0.25, -0.2) is 0 Å². The topological polar surface area (TPSA) is 25.9 Å². The van der Waals surface area contributed by atoms with Crippen LogP contribution in [0.4, 0.5) is 0 Å². The number of aryl methyl sites for hydroxylation is 3. The molecule has 0 atom stereocenters. The highest BCUT2D eigenvalue weighted by Gasteiger charge is 2.20. The second kappa shape index (κ2) is 6.69. The number of nitrogens with zero attached hydrogens (tertiary/aromatic N) is 2. The van der Waals surface area contributed by atoms with Crippen LogP contribution in [0.5, 0.6) is 0 Å². The van der Waals surface area contributed by atoms with E-state index >= 15 is 0 Å². The zero-order chi connectivity index (χ0) is 16.4. The minimum absolute atomic E-state index is 0.209. The van der Waals surface area contributed by atoms with E-state index in [1.807, 2.05) is 6.07 Å². The highest BCUT2D eigenvalue weighted by atomic mass is 16.1. The Hall–Kier alpha value is -1.90. The van der Waals surface area contributed by atoms with Gasteiger partial charge in [0, 0.05) is 35.1 Å². The molecule has 1 aliphatic rings. The van der Waals surface area contributed by atoms with E-state index in [0.717, 1.165) is 30.6 Å². The van der Waals surface area contributed by atoms with Gasteiger partial charge in [0.15, 0.2) is 12.4 Å². The van der Waals surface area contributed by atoms with Crippen molar-refractivity contribution < 1.29 is 9.36 Å². The van der Waals surface area contributed by atoms with Crippen molar-refractivity contribution in [2.24, 2.45) is 0 Å². The van der Waals surface area contributed by atoms with Crippen LogP contribution in [0.3, 0.4) is 0 Å². The molecular formula is C20H27N2O+.